The number of halogens is 1. The standard InChI is InChI=1S/C11H14ClNO4/c1-8(5-6-16-2)17-11-7-9(12)3-4-10(11)13(14)15/h3-4,7-8H,5-6H2,1-2H3. The van der Waals surface area contributed by atoms with Crippen LogP contribution in [-0.4, -0.2) is 24.7 Å². The van der Waals surface area contributed by atoms with Gasteiger partial charge in [-0.05, 0) is 13.0 Å². The second-order valence-corrected chi connectivity index (χ2v) is 4.02. The number of hydrogen-bond acceptors (Lipinski definition) is 4. The number of ether oxygens (including phenoxy) is 2. The predicted octanol–water partition coefficient (Wildman–Crippen LogP) is 3.05. The summed E-state index contributed by atoms with van der Waals surface area (Å²) in [5.74, 6) is 0.186. The Bertz CT molecular complexity index is 397. The molecule has 1 rings (SSSR count). The van der Waals surface area contributed by atoms with Gasteiger partial charge in [-0.3, -0.25) is 10.1 Å². The van der Waals surface area contributed by atoms with E-state index in [2.05, 4.69) is 0 Å². The molecular weight excluding hydrogens is 246 g/mol. The fraction of sp³-hybridized carbons (Fsp3) is 0.455. The first-order valence-electron chi connectivity index (χ1n) is 5.14. The molecule has 0 aliphatic rings. The van der Waals surface area contributed by atoms with Crippen LogP contribution in [0.25, 0.3) is 0 Å². The molecule has 0 amide bonds. The van der Waals surface area contributed by atoms with Crippen molar-refractivity contribution in [3.05, 3.63) is 33.3 Å². The van der Waals surface area contributed by atoms with E-state index in [-0.39, 0.29) is 17.5 Å². The molecule has 0 aliphatic carbocycles. The highest BCUT2D eigenvalue weighted by molar-refractivity contribution is 6.30. The molecule has 0 N–H and O–H groups in total. The molecule has 0 bridgehead atoms. The Morgan fingerprint density at radius 1 is 1.53 bits per heavy atom. The molecule has 1 aromatic rings. The minimum Gasteiger partial charge on any atom is -0.484 e. The van der Waals surface area contributed by atoms with Crippen molar-refractivity contribution in [3.8, 4) is 5.75 Å². The van der Waals surface area contributed by atoms with Gasteiger partial charge in [0.25, 0.3) is 0 Å². The maximum absolute atomic E-state index is 10.8. The zero-order valence-electron chi connectivity index (χ0n) is 9.68. The van der Waals surface area contributed by atoms with Crippen LogP contribution in [0.1, 0.15) is 13.3 Å². The monoisotopic (exact) mass is 259 g/mol. The summed E-state index contributed by atoms with van der Waals surface area (Å²) in [5, 5.41) is 11.2. The van der Waals surface area contributed by atoms with Crippen LogP contribution in [0.4, 0.5) is 5.69 Å². The molecule has 94 valence electrons. The highest BCUT2D eigenvalue weighted by Crippen LogP contribution is 2.30. The Balaban J connectivity index is 2.81. The van der Waals surface area contributed by atoms with Gasteiger partial charge < -0.3 is 9.47 Å². The first-order valence-corrected chi connectivity index (χ1v) is 5.52. The van der Waals surface area contributed by atoms with Gasteiger partial charge in [-0.1, -0.05) is 11.6 Å². The third kappa shape index (κ3) is 4.20. The van der Waals surface area contributed by atoms with E-state index in [0.29, 0.717) is 18.1 Å². The molecule has 0 aliphatic heterocycles. The Morgan fingerprint density at radius 2 is 2.24 bits per heavy atom. The average molecular weight is 260 g/mol. The van der Waals surface area contributed by atoms with Gasteiger partial charge in [-0.15, -0.1) is 0 Å². The van der Waals surface area contributed by atoms with Crippen LogP contribution in [0.5, 0.6) is 5.75 Å². The molecule has 1 unspecified atom stereocenters. The van der Waals surface area contributed by atoms with Gasteiger partial charge >= 0.3 is 5.69 Å². The van der Waals surface area contributed by atoms with E-state index in [4.69, 9.17) is 21.1 Å². The summed E-state index contributed by atoms with van der Waals surface area (Å²) in [6.07, 6.45) is 0.479. The topological polar surface area (TPSA) is 61.6 Å². The maximum Gasteiger partial charge on any atom is 0.311 e. The van der Waals surface area contributed by atoms with Crippen LogP contribution >= 0.6 is 11.6 Å². The summed E-state index contributed by atoms with van der Waals surface area (Å²) in [6, 6.07) is 4.25. The van der Waals surface area contributed by atoms with Crippen molar-refractivity contribution in [1.82, 2.24) is 0 Å². The minimum atomic E-state index is -0.491. The number of nitro groups is 1. The summed E-state index contributed by atoms with van der Waals surface area (Å²) in [4.78, 5) is 10.3. The molecule has 0 saturated carbocycles. The van der Waals surface area contributed by atoms with Gasteiger partial charge in [0, 0.05) is 37.3 Å². The molecule has 1 aromatic carbocycles. The second-order valence-electron chi connectivity index (χ2n) is 3.58. The summed E-state index contributed by atoms with van der Waals surface area (Å²) in [5.41, 5.74) is -0.0846. The third-order valence-electron chi connectivity index (χ3n) is 2.18. The minimum absolute atomic E-state index is 0.0846. The Labute approximate surface area is 104 Å². The van der Waals surface area contributed by atoms with Crippen LogP contribution in [0, 0.1) is 10.1 Å². The average Bonchev–Trinajstić information content (AvgIpc) is 2.26. The molecule has 6 heteroatoms. The van der Waals surface area contributed by atoms with Gasteiger partial charge in [0.05, 0.1) is 11.0 Å². The molecule has 0 radical (unpaired) electrons. The lowest BCUT2D eigenvalue weighted by atomic mass is 10.2. The molecule has 0 heterocycles. The molecule has 0 saturated heterocycles. The van der Waals surface area contributed by atoms with Crippen molar-refractivity contribution >= 4 is 17.3 Å². The lowest BCUT2D eigenvalue weighted by Crippen LogP contribution is -2.15. The van der Waals surface area contributed by atoms with Crippen LogP contribution in [0.2, 0.25) is 5.02 Å². The van der Waals surface area contributed by atoms with Gasteiger partial charge in [-0.2, -0.15) is 0 Å². The number of benzene rings is 1. The quantitative estimate of drug-likeness (QED) is 0.582. The molecule has 0 aromatic heterocycles. The number of methoxy groups -OCH3 is 1. The van der Waals surface area contributed by atoms with Crippen LogP contribution in [0.15, 0.2) is 18.2 Å². The molecule has 17 heavy (non-hydrogen) atoms. The Morgan fingerprint density at radius 3 is 2.82 bits per heavy atom. The van der Waals surface area contributed by atoms with E-state index in [1.54, 1.807) is 7.11 Å². The van der Waals surface area contributed by atoms with Crippen LogP contribution < -0.4 is 4.74 Å². The van der Waals surface area contributed by atoms with E-state index >= 15 is 0 Å². The van der Waals surface area contributed by atoms with Crippen molar-refractivity contribution in [2.24, 2.45) is 0 Å². The van der Waals surface area contributed by atoms with Crippen molar-refractivity contribution in [3.63, 3.8) is 0 Å². The SMILES string of the molecule is COCCC(C)Oc1cc(Cl)ccc1[N+](=O)[O-]. The summed E-state index contributed by atoms with van der Waals surface area (Å²) >= 11 is 5.78. The molecule has 5 nitrogen and oxygen atoms in total. The van der Waals surface area contributed by atoms with Crippen molar-refractivity contribution in [2.75, 3.05) is 13.7 Å². The molecule has 1 atom stereocenters. The number of nitrogens with zero attached hydrogens (tertiary/aromatic N) is 1. The van der Waals surface area contributed by atoms with Crippen LogP contribution in [-0.2, 0) is 4.74 Å². The van der Waals surface area contributed by atoms with Crippen molar-refractivity contribution in [2.45, 2.75) is 19.4 Å². The lowest BCUT2D eigenvalue weighted by molar-refractivity contribution is -0.386. The summed E-state index contributed by atoms with van der Waals surface area (Å²) < 4.78 is 10.4. The smallest absolute Gasteiger partial charge is 0.311 e. The first kappa shape index (κ1) is 13.7. The zero-order chi connectivity index (χ0) is 12.8. The lowest BCUT2D eigenvalue weighted by Gasteiger charge is -2.14. The largest absolute Gasteiger partial charge is 0.484 e. The van der Waals surface area contributed by atoms with E-state index < -0.39 is 4.92 Å². The van der Waals surface area contributed by atoms with Crippen LogP contribution in [0.3, 0.4) is 0 Å². The zero-order valence-corrected chi connectivity index (χ0v) is 10.4. The van der Waals surface area contributed by atoms with Crippen molar-refractivity contribution in [1.29, 1.82) is 0 Å². The highest BCUT2D eigenvalue weighted by atomic mass is 35.5. The Hall–Kier alpha value is -1.33. The Kier molecular flexibility index (Phi) is 5.18. The number of rotatable bonds is 6. The van der Waals surface area contributed by atoms with Gasteiger partial charge in [0.1, 0.15) is 0 Å². The highest BCUT2D eigenvalue weighted by Gasteiger charge is 2.17. The third-order valence-corrected chi connectivity index (χ3v) is 2.41. The molecule has 0 spiro atoms. The van der Waals surface area contributed by atoms with E-state index in [9.17, 15) is 10.1 Å². The summed E-state index contributed by atoms with van der Waals surface area (Å²) in [6.45, 7) is 2.36. The number of nitro benzene ring substituents is 1. The van der Waals surface area contributed by atoms with E-state index in [1.807, 2.05) is 6.92 Å². The maximum atomic E-state index is 10.8. The predicted molar refractivity (Wildman–Crippen MR) is 64.7 cm³/mol. The fourth-order valence-corrected chi connectivity index (χ4v) is 1.45. The number of hydrogen-bond donors (Lipinski definition) is 0. The van der Waals surface area contributed by atoms with E-state index in [1.165, 1.54) is 18.2 Å². The summed E-state index contributed by atoms with van der Waals surface area (Å²) in [7, 11) is 1.59. The molecule has 0 fully saturated rings. The van der Waals surface area contributed by atoms with Gasteiger partial charge in [-0.25, -0.2) is 0 Å². The van der Waals surface area contributed by atoms with Crippen molar-refractivity contribution < 1.29 is 14.4 Å². The second kappa shape index (κ2) is 6.42. The molecular formula is C11H14ClNO4. The van der Waals surface area contributed by atoms with Gasteiger partial charge in [0.15, 0.2) is 5.75 Å². The fourth-order valence-electron chi connectivity index (χ4n) is 1.29. The van der Waals surface area contributed by atoms with E-state index in [0.717, 1.165) is 0 Å². The van der Waals surface area contributed by atoms with Gasteiger partial charge in [0.2, 0.25) is 0 Å². The normalized spacial score (nSPS) is 12.2. The first-order chi connectivity index (χ1) is 8.04.